The number of fused-ring (bicyclic) bond motifs is 1. The van der Waals surface area contributed by atoms with Crippen molar-refractivity contribution < 1.29 is 15.1 Å². The van der Waals surface area contributed by atoms with Gasteiger partial charge in [0.25, 0.3) is 0 Å². The molecule has 3 rings (SSSR count). The van der Waals surface area contributed by atoms with Crippen LogP contribution in [0, 0.1) is 0 Å². The van der Waals surface area contributed by atoms with Gasteiger partial charge >= 0.3 is 6.09 Å². The van der Waals surface area contributed by atoms with Crippen molar-refractivity contribution in [2.24, 2.45) is 5.16 Å². The monoisotopic (exact) mass is 272 g/mol. The van der Waals surface area contributed by atoms with Gasteiger partial charge in [0.05, 0.1) is 36.0 Å². The molecule has 0 amide bonds. The third-order valence-corrected chi connectivity index (χ3v) is 2.65. The van der Waals surface area contributed by atoms with Crippen LogP contribution in [0.4, 0.5) is 4.79 Å². The Morgan fingerprint density at radius 3 is 2.90 bits per heavy atom. The Balaban J connectivity index is 2.22. The minimum atomic E-state index is -1.19. The Morgan fingerprint density at radius 1 is 1.35 bits per heavy atom. The van der Waals surface area contributed by atoms with Crippen molar-refractivity contribution in [2.75, 3.05) is 0 Å². The van der Waals surface area contributed by atoms with Crippen LogP contribution in [0.1, 0.15) is 5.69 Å². The SMILES string of the molecule is O=C(O)n1cc(-c2nc(/C=N/O)cn3nccc23)cn1. The molecule has 20 heavy (non-hydrogen) atoms. The molecule has 3 heterocycles. The number of hydrogen-bond donors (Lipinski definition) is 2. The molecule has 0 spiro atoms. The average Bonchev–Trinajstić information content (AvgIpc) is 3.07. The highest BCUT2D eigenvalue weighted by Gasteiger charge is 2.12. The molecule has 0 saturated heterocycles. The van der Waals surface area contributed by atoms with E-state index in [4.69, 9.17) is 10.3 Å². The molecule has 0 bridgehead atoms. The number of oxime groups is 1. The van der Waals surface area contributed by atoms with E-state index in [-0.39, 0.29) is 0 Å². The highest BCUT2D eigenvalue weighted by atomic mass is 16.4. The van der Waals surface area contributed by atoms with Gasteiger partial charge in [-0.25, -0.2) is 14.3 Å². The minimum Gasteiger partial charge on any atom is -0.463 e. The number of nitrogens with zero attached hydrogens (tertiary/aromatic N) is 6. The van der Waals surface area contributed by atoms with Gasteiger partial charge in [-0.2, -0.15) is 14.9 Å². The fourth-order valence-corrected chi connectivity index (χ4v) is 1.83. The first-order chi connectivity index (χ1) is 9.69. The van der Waals surface area contributed by atoms with E-state index in [0.29, 0.717) is 22.5 Å². The summed E-state index contributed by atoms with van der Waals surface area (Å²) in [6, 6.07) is 1.74. The molecule has 9 heteroatoms. The molecule has 0 aliphatic rings. The van der Waals surface area contributed by atoms with E-state index < -0.39 is 6.09 Å². The van der Waals surface area contributed by atoms with Crippen molar-refractivity contribution in [3.05, 3.63) is 36.5 Å². The molecule has 0 fully saturated rings. The summed E-state index contributed by atoms with van der Waals surface area (Å²) < 4.78 is 2.34. The fourth-order valence-electron chi connectivity index (χ4n) is 1.83. The van der Waals surface area contributed by atoms with Crippen LogP contribution in [0.2, 0.25) is 0 Å². The van der Waals surface area contributed by atoms with Crippen molar-refractivity contribution in [1.29, 1.82) is 0 Å². The number of hydrogen-bond acceptors (Lipinski definition) is 6. The van der Waals surface area contributed by atoms with Crippen LogP contribution < -0.4 is 0 Å². The summed E-state index contributed by atoms with van der Waals surface area (Å²) in [6.45, 7) is 0. The number of aromatic nitrogens is 5. The first-order valence-electron chi connectivity index (χ1n) is 5.49. The van der Waals surface area contributed by atoms with Gasteiger partial charge < -0.3 is 10.3 Å². The predicted octanol–water partition coefficient (Wildman–Crippen LogP) is 0.927. The van der Waals surface area contributed by atoms with Gasteiger partial charge in [0.15, 0.2) is 0 Å². The van der Waals surface area contributed by atoms with Crippen LogP contribution >= 0.6 is 0 Å². The molecule has 3 aromatic rings. The lowest BCUT2D eigenvalue weighted by Crippen LogP contribution is -2.07. The normalized spacial score (nSPS) is 11.4. The van der Waals surface area contributed by atoms with E-state index in [9.17, 15) is 4.79 Å². The van der Waals surface area contributed by atoms with E-state index in [1.165, 1.54) is 12.4 Å². The lowest BCUT2D eigenvalue weighted by molar-refractivity contribution is 0.192. The maximum Gasteiger partial charge on any atom is 0.432 e. The molecule has 2 N–H and O–H groups in total. The van der Waals surface area contributed by atoms with E-state index >= 15 is 0 Å². The van der Waals surface area contributed by atoms with Gasteiger partial charge in [-0.15, -0.1) is 0 Å². The third-order valence-electron chi connectivity index (χ3n) is 2.65. The largest absolute Gasteiger partial charge is 0.463 e. The van der Waals surface area contributed by atoms with Crippen molar-refractivity contribution in [2.45, 2.75) is 0 Å². The fraction of sp³-hybridized carbons (Fsp3) is 0. The summed E-state index contributed by atoms with van der Waals surface area (Å²) in [7, 11) is 0. The van der Waals surface area contributed by atoms with Gasteiger partial charge in [0, 0.05) is 11.8 Å². The maximum absolute atomic E-state index is 10.8. The zero-order valence-electron chi connectivity index (χ0n) is 9.95. The van der Waals surface area contributed by atoms with Crippen molar-refractivity contribution in [3.8, 4) is 11.3 Å². The maximum atomic E-state index is 10.8. The summed E-state index contributed by atoms with van der Waals surface area (Å²) in [5.74, 6) is 0. The molecule has 3 aromatic heterocycles. The van der Waals surface area contributed by atoms with Crippen LogP contribution in [-0.4, -0.2) is 47.0 Å². The van der Waals surface area contributed by atoms with Crippen LogP contribution in [0.5, 0.6) is 0 Å². The molecule has 0 unspecified atom stereocenters. The van der Waals surface area contributed by atoms with Crippen LogP contribution in [-0.2, 0) is 0 Å². The Hall–Kier alpha value is -3.23. The van der Waals surface area contributed by atoms with Crippen LogP contribution in [0.15, 0.2) is 36.0 Å². The number of carbonyl (C=O) groups is 1. The van der Waals surface area contributed by atoms with Crippen LogP contribution in [0.3, 0.4) is 0 Å². The minimum absolute atomic E-state index is 0.377. The quantitative estimate of drug-likeness (QED) is 0.407. The molecule has 0 aliphatic carbocycles. The summed E-state index contributed by atoms with van der Waals surface area (Å²) >= 11 is 0. The second-order valence-electron chi connectivity index (χ2n) is 3.88. The predicted molar refractivity (Wildman–Crippen MR) is 67.0 cm³/mol. The Morgan fingerprint density at radius 2 is 2.20 bits per heavy atom. The molecule has 0 aliphatic heterocycles. The zero-order valence-corrected chi connectivity index (χ0v) is 9.95. The molecule has 9 nitrogen and oxygen atoms in total. The molecule has 0 atom stereocenters. The molecular formula is C11H8N6O3. The van der Waals surface area contributed by atoms with E-state index in [1.54, 1.807) is 23.0 Å². The molecule has 0 aromatic carbocycles. The zero-order chi connectivity index (χ0) is 14.1. The summed E-state index contributed by atoms with van der Waals surface area (Å²) in [4.78, 5) is 15.1. The van der Waals surface area contributed by atoms with Crippen molar-refractivity contribution in [3.63, 3.8) is 0 Å². The highest BCUT2D eigenvalue weighted by molar-refractivity contribution is 5.82. The lowest BCUT2D eigenvalue weighted by Gasteiger charge is -2.02. The summed E-state index contributed by atoms with van der Waals surface area (Å²) in [5, 5.41) is 28.2. The first-order valence-corrected chi connectivity index (χ1v) is 5.49. The van der Waals surface area contributed by atoms with Gasteiger partial charge in [-0.1, -0.05) is 5.16 Å². The van der Waals surface area contributed by atoms with Gasteiger partial charge in [-0.05, 0) is 6.07 Å². The topological polar surface area (TPSA) is 118 Å². The molecule has 100 valence electrons. The Labute approximate surface area is 111 Å². The number of rotatable bonds is 2. The Kier molecular flexibility index (Phi) is 2.64. The van der Waals surface area contributed by atoms with Gasteiger partial charge in [0.1, 0.15) is 5.69 Å². The number of carboxylic acid groups (broad SMARTS) is 1. The van der Waals surface area contributed by atoms with Gasteiger partial charge in [-0.3, -0.25) is 0 Å². The lowest BCUT2D eigenvalue weighted by atomic mass is 10.2. The molecule has 0 radical (unpaired) electrons. The second-order valence-corrected chi connectivity index (χ2v) is 3.88. The smallest absolute Gasteiger partial charge is 0.432 e. The third kappa shape index (κ3) is 1.86. The van der Waals surface area contributed by atoms with E-state index in [1.807, 2.05) is 0 Å². The standard InChI is InChI=1S/C11H8N6O3/c18-11(19)17-5-7(3-13-17)10-9-1-2-12-16(9)6-8(15-10)4-14-20/h1-6,20H,(H,18,19)/b14-4+. The summed E-state index contributed by atoms with van der Waals surface area (Å²) in [5.41, 5.74) is 2.07. The van der Waals surface area contributed by atoms with Crippen LogP contribution in [0.25, 0.3) is 16.8 Å². The van der Waals surface area contributed by atoms with Crippen molar-refractivity contribution >= 4 is 17.8 Å². The van der Waals surface area contributed by atoms with Crippen molar-refractivity contribution in [1.82, 2.24) is 24.4 Å². The highest BCUT2D eigenvalue weighted by Crippen LogP contribution is 2.22. The molecule has 0 saturated carbocycles. The molecular weight excluding hydrogens is 264 g/mol. The van der Waals surface area contributed by atoms with E-state index in [0.717, 1.165) is 10.9 Å². The first kappa shape index (κ1) is 11.8. The summed E-state index contributed by atoms with van der Waals surface area (Å²) in [6.07, 6.45) is 5.88. The average molecular weight is 272 g/mol. The van der Waals surface area contributed by atoms with E-state index in [2.05, 4.69) is 20.3 Å². The Bertz CT molecular complexity index is 819. The van der Waals surface area contributed by atoms with Gasteiger partial charge in [0.2, 0.25) is 0 Å². The second kappa shape index (κ2) is 4.46.